The first-order valence-electron chi connectivity index (χ1n) is 7.77. The first-order valence-corrected chi connectivity index (χ1v) is 7.77. The summed E-state index contributed by atoms with van der Waals surface area (Å²) in [6.07, 6.45) is 1.13. The van der Waals surface area contributed by atoms with Crippen LogP contribution in [0.15, 0.2) is 30.3 Å². The van der Waals surface area contributed by atoms with Crippen LogP contribution >= 0.6 is 0 Å². The van der Waals surface area contributed by atoms with Crippen LogP contribution in [0.4, 0.5) is 0 Å². The second-order valence-corrected chi connectivity index (χ2v) is 5.93. The molecule has 2 rings (SSSR count). The Hall–Kier alpha value is -1.67. The van der Waals surface area contributed by atoms with Crippen LogP contribution in [-0.2, 0) is 0 Å². The largest absolute Gasteiger partial charge is 0.306 e. The molecule has 1 N–H and O–H groups in total. The second-order valence-electron chi connectivity index (χ2n) is 5.93. The summed E-state index contributed by atoms with van der Waals surface area (Å²) < 4.78 is 0. The van der Waals surface area contributed by atoms with Gasteiger partial charge in [0.25, 0.3) is 0 Å². The van der Waals surface area contributed by atoms with Crippen molar-refractivity contribution in [2.75, 3.05) is 6.54 Å². The number of nitrogens with zero attached hydrogens (tertiary/aromatic N) is 1. The number of aromatic nitrogens is 1. The van der Waals surface area contributed by atoms with Crippen molar-refractivity contribution in [3.05, 3.63) is 64.0 Å². The van der Waals surface area contributed by atoms with E-state index in [9.17, 15) is 0 Å². The van der Waals surface area contributed by atoms with Gasteiger partial charge in [0.2, 0.25) is 0 Å². The first-order chi connectivity index (χ1) is 10.0. The Balaban J connectivity index is 2.46. The summed E-state index contributed by atoms with van der Waals surface area (Å²) in [5, 5.41) is 3.69. The highest BCUT2D eigenvalue weighted by atomic mass is 14.9. The number of rotatable bonds is 5. The molecule has 0 aliphatic carbocycles. The summed E-state index contributed by atoms with van der Waals surface area (Å²) in [5.41, 5.74) is 7.49. The van der Waals surface area contributed by atoms with Crippen LogP contribution in [0, 0.1) is 27.7 Å². The fourth-order valence-corrected chi connectivity index (χ4v) is 2.88. The smallest absolute Gasteiger partial charge is 0.0580 e. The molecule has 0 saturated heterocycles. The molecule has 1 unspecified atom stereocenters. The second kappa shape index (κ2) is 6.86. The summed E-state index contributed by atoms with van der Waals surface area (Å²) in [6, 6.07) is 11.3. The lowest BCUT2D eigenvalue weighted by molar-refractivity contribution is 0.594. The molecule has 1 aromatic carbocycles. The number of nitrogens with one attached hydrogen (secondary N) is 1. The fourth-order valence-electron chi connectivity index (χ4n) is 2.88. The zero-order valence-electron chi connectivity index (χ0n) is 13.8. The summed E-state index contributed by atoms with van der Waals surface area (Å²) >= 11 is 0. The molecule has 2 nitrogen and oxygen atoms in total. The van der Waals surface area contributed by atoms with E-state index < -0.39 is 0 Å². The van der Waals surface area contributed by atoms with Gasteiger partial charge in [0.1, 0.15) is 0 Å². The minimum Gasteiger partial charge on any atom is -0.306 e. The van der Waals surface area contributed by atoms with E-state index in [1.165, 1.54) is 22.3 Å². The predicted molar refractivity (Wildman–Crippen MR) is 89.8 cm³/mol. The normalized spacial score (nSPS) is 12.4. The van der Waals surface area contributed by atoms with Crippen molar-refractivity contribution in [2.24, 2.45) is 0 Å². The monoisotopic (exact) mass is 282 g/mol. The lowest BCUT2D eigenvalue weighted by atomic mass is 9.93. The van der Waals surface area contributed by atoms with Gasteiger partial charge in [0.15, 0.2) is 0 Å². The Kier molecular flexibility index (Phi) is 5.13. The number of benzene rings is 1. The molecule has 1 aromatic heterocycles. The zero-order chi connectivity index (χ0) is 15.4. The molecule has 0 amide bonds. The van der Waals surface area contributed by atoms with E-state index in [1.54, 1.807) is 0 Å². The van der Waals surface area contributed by atoms with Crippen LogP contribution in [-0.4, -0.2) is 11.5 Å². The molecule has 0 aliphatic rings. The van der Waals surface area contributed by atoms with Gasteiger partial charge in [0, 0.05) is 11.4 Å². The first kappa shape index (κ1) is 15.7. The highest BCUT2D eigenvalue weighted by Crippen LogP contribution is 2.26. The molecule has 2 aromatic rings. The van der Waals surface area contributed by atoms with Crippen LogP contribution in [0.5, 0.6) is 0 Å². The van der Waals surface area contributed by atoms with E-state index >= 15 is 0 Å². The van der Waals surface area contributed by atoms with Gasteiger partial charge in [0.05, 0.1) is 6.04 Å². The molecule has 0 saturated carbocycles. The molecule has 1 heterocycles. The van der Waals surface area contributed by atoms with Crippen molar-refractivity contribution >= 4 is 0 Å². The van der Waals surface area contributed by atoms with Crippen molar-refractivity contribution in [1.82, 2.24) is 10.3 Å². The van der Waals surface area contributed by atoms with E-state index in [-0.39, 0.29) is 6.04 Å². The van der Waals surface area contributed by atoms with Gasteiger partial charge in [-0.1, -0.05) is 30.7 Å². The standard InChI is InChI=1S/C19H26N2/c1-6-9-20-19(17-11-15(4)21-16(5)12-17)18-8-7-13(2)10-14(18)3/h7-8,10-12,19-20H,6,9H2,1-5H3. The minimum atomic E-state index is 0.242. The fraction of sp³-hybridized carbons (Fsp3) is 0.421. The Labute approximate surface area is 128 Å². The Morgan fingerprint density at radius 1 is 1.00 bits per heavy atom. The Bertz CT molecular complexity index is 597. The maximum Gasteiger partial charge on any atom is 0.0580 e. The third-order valence-electron chi connectivity index (χ3n) is 3.77. The van der Waals surface area contributed by atoms with Crippen molar-refractivity contribution in [3.63, 3.8) is 0 Å². The summed E-state index contributed by atoms with van der Waals surface area (Å²) in [4.78, 5) is 4.50. The Morgan fingerprint density at radius 2 is 1.67 bits per heavy atom. The maximum absolute atomic E-state index is 4.50. The maximum atomic E-state index is 4.50. The molecule has 2 heteroatoms. The van der Waals surface area contributed by atoms with Crippen LogP contribution in [0.1, 0.15) is 53.0 Å². The van der Waals surface area contributed by atoms with E-state index in [0.717, 1.165) is 24.4 Å². The number of aryl methyl sites for hydroxylation is 4. The van der Waals surface area contributed by atoms with Gasteiger partial charge in [-0.3, -0.25) is 4.98 Å². The molecular weight excluding hydrogens is 256 g/mol. The average Bonchev–Trinajstić information content (AvgIpc) is 2.40. The molecule has 0 spiro atoms. The Morgan fingerprint density at radius 3 is 2.24 bits per heavy atom. The van der Waals surface area contributed by atoms with Gasteiger partial charge in [-0.05, 0) is 69.5 Å². The van der Waals surface area contributed by atoms with E-state index in [4.69, 9.17) is 0 Å². The summed E-state index contributed by atoms with van der Waals surface area (Å²) in [5.74, 6) is 0. The number of hydrogen-bond acceptors (Lipinski definition) is 2. The third-order valence-corrected chi connectivity index (χ3v) is 3.77. The molecule has 0 fully saturated rings. The summed E-state index contributed by atoms with van der Waals surface area (Å²) in [6.45, 7) is 11.7. The van der Waals surface area contributed by atoms with Crippen LogP contribution in [0.25, 0.3) is 0 Å². The SMILES string of the molecule is CCCNC(c1cc(C)nc(C)c1)c1ccc(C)cc1C. The molecule has 0 bridgehead atoms. The van der Waals surface area contributed by atoms with Crippen LogP contribution < -0.4 is 5.32 Å². The van der Waals surface area contributed by atoms with Crippen molar-refractivity contribution in [2.45, 2.75) is 47.1 Å². The van der Waals surface area contributed by atoms with Crippen molar-refractivity contribution in [1.29, 1.82) is 0 Å². The number of hydrogen-bond donors (Lipinski definition) is 1. The highest BCUT2D eigenvalue weighted by molar-refractivity contribution is 5.39. The van der Waals surface area contributed by atoms with E-state index in [2.05, 4.69) is 75.3 Å². The minimum absolute atomic E-state index is 0.242. The van der Waals surface area contributed by atoms with Crippen molar-refractivity contribution in [3.8, 4) is 0 Å². The quantitative estimate of drug-likeness (QED) is 0.879. The molecule has 0 aliphatic heterocycles. The van der Waals surface area contributed by atoms with Gasteiger partial charge < -0.3 is 5.32 Å². The molecule has 21 heavy (non-hydrogen) atoms. The van der Waals surface area contributed by atoms with Gasteiger partial charge in [-0.2, -0.15) is 0 Å². The lowest BCUT2D eigenvalue weighted by Gasteiger charge is -2.22. The highest BCUT2D eigenvalue weighted by Gasteiger charge is 2.16. The third kappa shape index (κ3) is 3.92. The lowest BCUT2D eigenvalue weighted by Crippen LogP contribution is -2.24. The number of pyridine rings is 1. The van der Waals surface area contributed by atoms with Crippen LogP contribution in [0.3, 0.4) is 0 Å². The van der Waals surface area contributed by atoms with Gasteiger partial charge in [-0.15, -0.1) is 0 Å². The predicted octanol–water partition coefficient (Wildman–Crippen LogP) is 4.40. The molecule has 0 radical (unpaired) electrons. The molecular formula is C19H26N2. The molecule has 112 valence electrons. The van der Waals surface area contributed by atoms with E-state index in [0.29, 0.717) is 0 Å². The van der Waals surface area contributed by atoms with Crippen LogP contribution in [0.2, 0.25) is 0 Å². The molecule has 1 atom stereocenters. The summed E-state index contributed by atoms with van der Waals surface area (Å²) in [7, 11) is 0. The topological polar surface area (TPSA) is 24.9 Å². The van der Waals surface area contributed by atoms with Crippen molar-refractivity contribution < 1.29 is 0 Å². The van der Waals surface area contributed by atoms with E-state index in [1.807, 2.05) is 0 Å². The van der Waals surface area contributed by atoms with Gasteiger partial charge in [-0.25, -0.2) is 0 Å². The average molecular weight is 282 g/mol. The zero-order valence-corrected chi connectivity index (χ0v) is 13.8. The van der Waals surface area contributed by atoms with Gasteiger partial charge >= 0.3 is 0 Å².